The van der Waals surface area contributed by atoms with Gasteiger partial charge in [-0.25, -0.2) is 0 Å². The molecule has 10 heteroatoms. The van der Waals surface area contributed by atoms with E-state index in [1.165, 1.54) is 30.3 Å². The molecule has 0 bridgehead atoms. The molecule has 0 spiro atoms. The molecule has 0 unspecified atom stereocenters. The van der Waals surface area contributed by atoms with Crippen molar-refractivity contribution in [3.05, 3.63) is 68.3 Å². The summed E-state index contributed by atoms with van der Waals surface area (Å²) in [5.41, 5.74) is 0.405. The number of nitro groups is 2. The summed E-state index contributed by atoms with van der Waals surface area (Å²) in [7, 11) is 0. The first-order chi connectivity index (χ1) is 11.4. The Kier molecular flexibility index (Phi) is 5.20. The number of halogens is 2. The Bertz CT molecular complexity index is 753. The van der Waals surface area contributed by atoms with Gasteiger partial charge in [0, 0.05) is 36.5 Å². The summed E-state index contributed by atoms with van der Waals surface area (Å²) in [4.78, 5) is 20.0. The molecule has 0 aromatic heterocycles. The molecule has 0 fully saturated rings. The third kappa shape index (κ3) is 4.35. The minimum Gasteiger partial charge on any atom is -0.427 e. The molecule has 0 amide bonds. The monoisotopic (exact) mass is 339 g/mol. The molecule has 0 atom stereocenters. The number of benzene rings is 2. The Morgan fingerprint density at radius 2 is 1.71 bits per heavy atom. The van der Waals surface area contributed by atoms with Crippen molar-refractivity contribution < 1.29 is 23.4 Å². The Balaban J connectivity index is 2.11. The van der Waals surface area contributed by atoms with Crippen LogP contribution in [0.25, 0.3) is 0 Å². The molecule has 0 radical (unpaired) electrons. The molecule has 0 saturated heterocycles. The summed E-state index contributed by atoms with van der Waals surface area (Å²) in [5.74, 6) is -0.552. The number of nitrogens with one attached hydrogen (secondary N) is 1. The normalized spacial score (nSPS) is 10.5. The summed E-state index contributed by atoms with van der Waals surface area (Å²) >= 11 is 0. The Morgan fingerprint density at radius 3 is 2.25 bits per heavy atom. The van der Waals surface area contributed by atoms with Crippen molar-refractivity contribution in [2.24, 2.45) is 0 Å². The van der Waals surface area contributed by atoms with Gasteiger partial charge in [0.2, 0.25) is 5.75 Å². The maximum Gasteiger partial charge on any atom is 0.387 e. The van der Waals surface area contributed by atoms with Crippen LogP contribution in [0.1, 0.15) is 5.56 Å². The van der Waals surface area contributed by atoms with Crippen LogP contribution in [0, 0.1) is 20.2 Å². The van der Waals surface area contributed by atoms with Crippen LogP contribution >= 0.6 is 0 Å². The smallest absolute Gasteiger partial charge is 0.387 e. The average Bonchev–Trinajstić information content (AvgIpc) is 2.52. The number of non-ortho nitro benzene ring substituents is 1. The molecule has 1 N–H and O–H groups in total. The zero-order valence-corrected chi connectivity index (χ0v) is 12.0. The maximum atomic E-state index is 12.3. The first kappa shape index (κ1) is 17.1. The highest BCUT2D eigenvalue weighted by molar-refractivity contribution is 5.58. The quantitative estimate of drug-likeness (QED) is 0.608. The van der Waals surface area contributed by atoms with Crippen LogP contribution in [0.2, 0.25) is 0 Å². The van der Waals surface area contributed by atoms with E-state index in [2.05, 4.69) is 10.1 Å². The molecule has 0 aliphatic rings. The van der Waals surface area contributed by atoms with Crippen molar-refractivity contribution in [3.63, 3.8) is 0 Å². The molecule has 0 aliphatic carbocycles. The van der Waals surface area contributed by atoms with Gasteiger partial charge >= 0.3 is 12.3 Å². The summed E-state index contributed by atoms with van der Waals surface area (Å²) in [6.45, 7) is -2.95. The number of alkyl halides is 2. The summed E-state index contributed by atoms with van der Waals surface area (Å²) < 4.78 is 28.8. The largest absolute Gasteiger partial charge is 0.427 e. The lowest BCUT2D eigenvalue weighted by atomic mass is 10.2. The second kappa shape index (κ2) is 7.31. The van der Waals surface area contributed by atoms with Gasteiger partial charge in [-0.05, 0) is 11.6 Å². The third-order valence-electron chi connectivity index (χ3n) is 3.02. The number of hydrogen-bond acceptors (Lipinski definition) is 6. The number of hydrogen-bond donors (Lipinski definition) is 1. The number of nitro benzene ring substituents is 2. The Morgan fingerprint density at radius 1 is 1.04 bits per heavy atom. The molecule has 24 heavy (non-hydrogen) atoms. The lowest BCUT2D eigenvalue weighted by molar-refractivity contribution is -0.386. The number of ether oxygens (including phenoxy) is 1. The van der Waals surface area contributed by atoms with Crippen molar-refractivity contribution in [1.29, 1.82) is 0 Å². The molecule has 2 aromatic carbocycles. The van der Waals surface area contributed by atoms with Gasteiger partial charge in [0.1, 0.15) is 0 Å². The number of rotatable bonds is 7. The van der Waals surface area contributed by atoms with Crippen LogP contribution < -0.4 is 10.1 Å². The maximum absolute atomic E-state index is 12.3. The van der Waals surface area contributed by atoms with E-state index in [-0.39, 0.29) is 12.2 Å². The minimum absolute atomic E-state index is 0.0540. The second-order valence-corrected chi connectivity index (χ2v) is 4.60. The highest BCUT2D eigenvalue weighted by Gasteiger charge is 2.19. The highest BCUT2D eigenvalue weighted by Crippen LogP contribution is 2.31. The lowest BCUT2D eigenvalue weighted by Gasteiger charge is -2.10. The predicted molar refractivity (Wildman–Crippen MR) is 80.2 cm³/mol. The van der Waals surface area contributed by atoms with E-state index in [1.54, 1.807) is 0 Å². The fourth-order valence-corrected chi connectivity index (χ4v) is 1.90. The number of anilines is 1. The van der Waals surface area contributed by atoms with Crippen molar-refractivity contribution in [2.75, 3.05) is 5.32 Å². The molecule has 0 aliphatic heterocycles. The molecule has 0 saturated carbocycles. The molecule has 126 valence electrons. The Labute approximate surface area is 134 Å². The zero-order chi connectivity index (χ0) is 17.7. The van der Waals surface area contributed by atoms with Gasteiger partial charge in [0.25, 0.3) is 5.69 Å². The Hall–Kier alpha value is -3.30. The van der Waals surface area contributed by atoms with E-state index < -0.39 is 27.9 Å². The van der Waals surface area contributed by atoms with Crippen LogP contribution in [0.15, 0.2) is 42.5 Å². The fraction of sp³-hybridized carbons (Fsp3) is 0.143. The van der Waals surface area contributed by atoms with Gasteiger partial charge in [0.05, 0.1) is 9.85 Å². The van der Waals surface area contributed by atoms with E-state index in [0.29, 0.717) is 11.3 Å². The van der Waals surface area contributed by atoms with Gasteiger partial charge in [-0.3, -0.25) is 20.2 Å². The molecule has 0 heterocycles. The average molecular weight is 339 g/mol. The fourth-order valence-electron chi connectivity index (χ4n) is 1.90. The van der Waals surface area contributed by atoms with Crippen molar-refractivity contribution in [1.82, 2.24) is 0 Å². The van der Waals surface area contributed by atoms with Crippen LogP contribution in [0.3, 0.4) is 0 Å². The van der Waals surface area contributed by atoms with E-state index in [1.807, 2.05) is 0 Å². The molecule has 2 aromatic rings. The van der Waals surface area contributed by atoms with Crippen molar-refractivity contribution in [2.45, 2.75) is 13.2 Å². The minimum atomic E-state index is -3.19. The second-order valence-electron chi connectivity index (χ2n) is 4.60. The van der Waals surface area contributed by atoms with E-state index in [4.69, 9.17) is 0 Å². The van der Waals surface area contributed by atoms with Crippen LogP contribution in [0.4, 0.5) is 25.8 Å². The molecule has 2 rings (SSSR count). The summed E-state index contributed by atoms with van der Waals surface area (Å²) in [5, 5.41) is 24.2. The van der Waals surface area contributed by atoms with Crippen LogP contribution in [-0.4, -0.2) is 16.5 Å². The first-order valence-corrected chi connectivity index (χ1v) is 6.57. The molecule has 8 nitrogen and oxygen atoms in total. The van der Waals surface area contributed by atoms with Gasteiger partial charge in [0.15, 0.2) is 0 Å². The van der Waals surface area contributed by atoms with Gasteiger partial charge in [-0.1, -0.05) is 12.1 Å². The lowest BCUT2D eigenvalue weighted by Crippen LogP contribution is -2.06. The summed E-state index contributed by atoms with van der Waals surface area (Å²) in [6, 6.07) is 9.23. The predicted octanol–water partition coefficient (Wildman–Crippen LogP) is 3.72. The number of nitrogens with zero attached hydrogens (tertiary/aromatic N) is 2. The molecular formula is C14H11F2N3O5. The van der Waals surface area contributed by atoms with Gasteiger partial charge < -0.3 is 10.1 Å². The van der Waals surface area contributed by atoms with E-state index in [9.17, 15) is 29.0 Å². The van der Waals surface area contributed by atoms with Gasteiger partial charge in [-0.2, -0.15) is 8.78 Å². The van der Waals surface area contributed by atoms with Crippen LogP contribution in [0.5, 0.6) is 5.75 Å². The van der Waals surface area contributed by atoms with E-state index >= 15 is 0 Å². The SMILES string of the molecule is O=[N+]([O-])c1ccc(CNc2ccc([N+](=O)[O-])c(OC(F)F)c2)cc1. The topological polar surface area (TPSA) is 108 Å². The van der Waals surface area contributed by atoms with Crippen molar-refractivity contribution >= 4 is 17.1 Å². The third-order valence-corrected chi connectivity index (χ3v) is 3.02. The van der Waals surface area contributed by atoms with Crippen LogP contribution in [-0.2, 0) is 6.54 Å². The van der Waals surface area contributed by atoms with Gasteiger partial charge in [-0.15, -0.1) is 0 Å². The molecular weight excluding hydrogens is 328 g/mol. The van der Waals surface area contributed by atoms with Crippen molar-refractivity contribution in [3.8, 4) is 5.75 Å². The first-order valence-electron chi connectivity index (χ1n) is 6.57. The van der Waals surface area contributed by atoms with E-state index in [0.717, 1.165) is 12.1 Å². The standard InChI is InChI=1S/C14H11F2N3O5/c15-14(16)24-13-7-10(3-6-12(13)19(22)23)17-8-9-1-4-11(5-2-9)18(20)21/h1-7,14,17H,8H2. The zero-order valence-electron chi connectivity index (χ0n) is 12.0. The summed E-state index contributed by atoms with van der Waals surface area (Å²) in [6.07, 6.45) is 0. The highest BCUT2D eigenvalue weighted by atomic mass is 19.3.